The number of ether oxygens (including phenoxy) is 3. The van der Waals surface area contributed by atoms with Gasteiger partial charge in [-0.1, -0.05) is 43.3 Å². The van der Waals surface area contributed by atoms with Crippen LogP contribution in [0, 0.1) is 5.92 Å². The minimum Gasteiger partial charge on any atom is -0.475 e. The Morgan fingerprint density at radius 1 is 1.10 bits per heavy atom. The number of aromatic nitrogens is 1. The van der Waals surface area contributed by atoms with Gasteiger partial charge in [-0.15, -0.1) is 0 Å². The van der Waals surface area contributed by atoms with Crippen LogP contribution in [0.25, 0.3) is 0 Å². The highest BCUT2D eigenvalue weighted by atomic mass is 16.5. The summed E-state index contributed by atoms with van der Waals surface area (Å²) in [6.45, 7) is 8.53. The number of guanidine groups is 1. The van der Waals surface area contributed by atoms with Crippen LogP contribution in [0.1, 0.15) is 25.0 Å². The van der Waals surface area contributed by atoms with E-state index in [-0.39, 0.29) is 0 Å². The second-order valence-corrected chi connectivity index (χ2v) is 6.99. The number of aliphatic imine (C=N–C) groups is 1. The molecule has 0 aliphatic heterocycles. The molecule has 2 rings (SSSR count). The highest BCUT2D eigenvalue weighted by Crippen LogP contribution is 2.15. The highest BCUT2D eigenvalue weighted by molar-refractivity contribution is 5.79. The lowest BCUT2D eigenvalue weighted by molar-refractivity contribution is 0.0931. The molecule has 0 radical (unpaired) electrons. The average Bonchev–Trinajstić information content (AvgIpc) is 2.77. The third-order valence-corrected chi connectivity index (χ3v) is 4.26. The van der Waals surface area contributed by atoms with Crippen molar-refractivity contribution in [2.24, 2.45) is 10.9 Å². The second kappa shape index (κ2) is 14.4. The van der Waals surface area contributed by atoms with Crippen molar-refractivity contribution in [1.29, 1.82) is 0 Å². The zero-order chi connectivity index (χ0) is 21.4. The molecule has 1 aromatic heterocycles. The normalized spacial score (nSPS) is 12.4. The van der Waals surface area contributed by atoms with Gasteiger partial charge in [0.1, 0.15) is 6.61 Å². The summed E-state index contributed by atoms with van der Waals surface area (Å²) >= 11 is 0. The van der Waals surface area contributed by atoms with Crippen molar-refractivity contribution >= 4 is 5.96 Å². The van der Waals surface area contributed by atoms with Crippen LogP contribution in [0.2, 0.25) is 0 Å². The van der Waals surface area contributed by atoms with Gasteiger partial charge in [-0.25, -0.2) is 9.98 Å². The molecule has 0 amide bonds. The molecule has 0 saturated heterocycles. The van der Waals surface area contributed by atoms with E-state index in [0.29, 0.717) is 44.8 Å². The van der Waals surface area contributed by atoms with Gasteiger partial charge in [-0.3, -0.25) is 0 Å². The zero-order valence-electron chi connectivity index (χ0n) is 18.3. The van der Waals surface area contributed by atoms with E-state index in [9.17, 15) is 0 Å². The molecule has 1 unspecified atom stereocenters. The quantitative estimate of drug-likeness (QED) is 0.298. The molecule has 2 aromatic rings. The van der Waals surface area contributed by atoms with Crippen molar-refractivity contribution < 1.29 is 14.2 Å². The maximum Gasteiger partial charge on any atom is 0.218 e. The molecule has 1 heterocycles. The van der Waals surface area contributed by atoms with Crippen molar-refractivity contribution in [2.45, 2.75) is 27.0 Å². The fourth-order valence-corrected chi connectivity index (χ4v) is 2.68. The predicted molar refractivity (Wildman–Crippen MR) is 120 cm³/mol. The van der Waals surface area contributed by atoms with E-state index in [4.69, 9.17) is 14.2 Å². The summed E-state index contributed by atoms with van der Waals surface area (Å²) in [6, 6.07) is 14.1. The Bertz CT molecular complexity index is 740. The standard InChI is InChI=1S/C23H34N4O3/c1-4-24-23(26-15-19(2)17-29-18-20-9-6-5-7-10-20)27-16-21-11-8-12-25-22(21)30-14-13-28-3/h5-12,19H,4,13-18H2,1-3H3,(H2,24,26,27). The largest absolute Gasteiger partial charge is 0.475 e. The maximum atomic E-state index is 5.83. The molecule has 7 heteroatoms. The van der Waals surface area contributed by atoms with Gasteiger partial charge in [0, 0.05) is 32.0 Å². The SMILES string of the molecule is CCNC(=NCc1cccnc1OCCOC)NCC(C)COCc1ccccc1. The van der Waals surface area contributed by atoms with Gasteiger partial charge >= 0.3 is 0 Å². The van der Waals surface area contributed by atoms with Crippen LogP contribution in [0.5, 0.6) is 5.88 Å². The lowest BCUT2D eigenvalue weighted by atomic mass is 10.2. The third kappa shape index (κ3) is 9.24. The maximum absolute atomic E-state index is 5.83. The number of benzene rings is 1. The van der Waals surface area contributed by atoms with Gasteiger partial charge in [-0.05, 0) is 24.5 Å². The average molecular weight is 415 g/mol. The van der Waals surface area contributed by atoms with E-state index >= 15 is 0 Å². The number of nitrogens with zero attached hydrogens (tertiary/aromatic N) is 2. The summed E-state index contributed by atoms with van der Waals surface area (Å²) in [7, 11) is 1.65. The molecule has 7 nitrogen and oxygen atoms in total. The van der Waals surface area contributed by atoms with E-state index in [1.54, 1.807) is 13.3 Å². The van der Waals surface area contributed by atoms with Gasteiger partial charge in [0.2, 0.25) is 5.88 Å². The van der Waals surface area contributed by atoms with Crippen LogP contribution in [-0.4, -0.2) is 51.0 Å². The Hall–Kier alpha value is -2.64. The van der Waals surface area contributed by atoms with E-state index in [1.807, 2.05) is 37.3 Å². The first-order valence-corrected chi connectivity index (χ1v) is 10.4. The summed E-state index contributed by atoms with van der Waals surface area (Å²) < 4.78 is 16.5. The molecule has 0 bridgehead atoms. The van der Waals surface area contributed by atoms with Crippen molar-refractivity contribution in [3.8, 4) is 5.88 Å². The Morgan fingerprint density at radius 3 is 2.70 bits per heavy atom. The molecular formula is C23H34N4O3. The Morgan fingerprint density at radius 2 is 1.93 bits per heavy atom. The van der Waals surface area contributed by atoms with Crippen LogP contribution >= 0.6 is 0 Å². The first-order chi connectivity index (χ1) is 14.7. The number of pyridine rings is 1. The molecule has 0 fully saturated rings. The molecule has 1 aromatic carbocycles. The lowest BCUT2D eigenvalue weighted by Crippen LogP contribution is -2.40. The van der Waals surface area contributed by atoms with Crippen LogP contribution < -0.4 is 15.4 Å². The Balaban J connectivity index is 1.81. The van der Waals surface area contributed by atoms with Crippen LogP contribution in [-0.2, 0) is 22.6 Å². The fourth-order valence-electron chi connectivity index (χ4n) is 2.68. The monoisotopic (exact) mass is 414 g/mol. The molecule has 0 aliphatic carbocycles. The number of hydrogen-bond donors (Lipinski definition) is 2. The molecular weight excluding hydrogens is 380 g/mol. The molecule has 1 atom stereocenters. The number of nitrogens with one attached hydrogen (secondary N) is 2. The Labute approximate surface area is 179 Å². The topological polar surface area (TPSA) is 77.0 Å². The molecule has 0 spiro atoms. The molecule has 2 N–H and O–H groups in total. The van der Waals surface area contributed by atoms with E-state index < -0.39 is 0 Å². The summed E-state index contributed by atoms with van der Waals surface area (Å²) in [4.78, 5) is 8.98. The van der Waals surface area contributed by atoms with E-state index in [1.165, 1.54) is 5.56 Å². The van der Waals surface area contributed by atoms with Crippen LogP contribution in [0.3, 0.4) is 0 Å². The highest BCUT2D eigenvalue weighted by Gasteiger charge is 2.07. The molecule has 0 aliphatic rings. The minimum atomic E-state index is 0.351. The van der Waals surface area contributed by atoms with Crippen molar-refractivity contribution in [3.05, 3.63) is 59.8 Å². The smallest absolute Gasteiger partial charge is 0.218 e. The van der Waals surface area contributed by atoms with Gasteiger partial charge < -0.3 is 24.8 Å². The molecule has 164 valence electrons. The first kappa shape index (κ1) is 23.6. The third-order valence-electron chi connectivity index (χ3n) is 4.26. The molecule has 0 saturated carbocycles. The van der Waals surface area contributed by atoms with Gasteiger partial charge in [0.25, 0.3) is 0 Å². The Kier molecular flexibility index (Phi) is 11.3. The first-order valence-electron chi connectivity index (χ1n) is 10.4. The summed E-state index contributed by atoms with van der Waals surface area (Å²) in [5, 5.41) is 6.67. The fraction of sp³-hybridized carbons (Fsp3) is 0.478. The van der Waals surface area contributed by atoms with Crippen molar-refractivity contribution in [1.82, 2.24) is 15.6 Å². The predicted octanol–water partition coefficient (Wildman–Crippen LogP) is 3.01. The zero-order valence-corrected chi connectivity index (χ0v) is 18.3. The van der Waals surface area contributed by atoms with Crippen LogP contribution in [0.15, 0.2) is 53.7 Å². The van der Waals surface area contributed by atoms with Crippen LogP contribution in [0.4, 0.5) is 0 Å². The number of rotatable bonds is 13. The van der Waals surface area contributed by atoms with Gasteiger partial charge in [0.05, 0.1) is 26.4 Å². The minimum absolute atomic E-state index is 0.351. The van der Waals surface area contributed by atoms with E-state index in [0.717, 1.165) is 24.6 Å². The van der Waals surface area contributed by atoms with Crippen molar-refractivity contribution in [3.63, 3.8) is 0 Å². The summed E-state index contributed by atoms with van der Waals surface area (Å²) in [6.07, 6.45) is 1.72. The molecule has 30 heavy (non-hydrogen) atoms. The van der Waals surface area contributed by atoms with Gasteiger partial charge in [-0.2, -0.15) is 0 Å². The van der Waals surface area contributed by atoms with Crippen molar-refractivity contribution in [2.75, 3.05) is 40.0 Å². The summed E-state index contributed by atoms with van der Waals surface area (Å²) in [5.74, 6) is 1.71. The number of hydrogen-bond acceptors (Lipinski definition) is 5. The lowest BCUT2D eigenvalue weighted by Gasteiger charge is -2.16. The van der Waals surface area contributed by atoms with E-state index in [2.05, 4.69) is 39.7 Å². The number of methoxy groups -OCH3 is 1. The summed E-state index contributed by atoms with van der Waals surface area (Å²) in [5.41, 5.74) is 2.12. The van der Waals surface area contributed by atoms with Gasteiger partial charge in [0.15, 0.2) is 5.96 Å². The second-order valence-electron chi connectivity index (χ2n) is 6.99.